The van der Waals surface area contributed by atoms with Crippen LogP contribution in [0.5, 0.6) is 0 Å². The zero-order chi connectivity index (χ0) is 14.6. The molecule has 0 aromatic heterocycles. The summed E-state index contributed by atoms with van der Waals surface area (Å²) >= 11 is 0. The minimum absolute atomic E-state index is 0.0430. The van der Waals surface area contributed by atoms with Gasteiger partial charge in [-0.05, 0) is 50.3 Å². The molecule has 0 fully saturated rings. The molecule has 0 radical (unpaired) electrons. The Morgan fingerprint density at radius 2 is 1.95 bits per heavy atom. The van der Waals surface area contributed by atoms with Gasteiger partial charge in [-0.15, -0.1) is 0 Å². The number of nitrogens with zero attached hydrogens (tertiary/aromatic N) is 2. The van der Waals surface area contributed by atoms with Gasteiger partial charge in [-0.25, -0.2) is 0 Å². The quantitative estimate of drug-likeness (QED) is 0.594. The molecule has 0 spiro atoms. The van der Waals surface area contributed by atoms with Gasteiger partial charge in [-0.2, -0.15) is 0 Å². The van der Waals surface area contributed by atoms with E-state index in [9.17, 15) is 0 Å². The van der Waals surface area contributed by atoms with Gasteiger partial charge < -0.3 is 4.90 Å². The van der Waals surface area contributed by atoms with Crippen molar-refractivity contribution in [1.82, 2.24) is 4.90 Å². The maximum Gasteiger partial charge on any atom is 0.126 e. The Labute approximate surface area is 117 Å². The van der Waals surface area contributed by atoms with Crippen molar-refractivity contribution in [2.24, 2.45) is 10.9 Å². The lowest BCUT2D eigenvalue weighted by molar-refractivity contribution is 0.377. The van der Waals surface area contributed by atoms with Crippen LogP contribution in [0.3, 0.4) is 0 Å². The van der Waals surface area contributed by atoms with Crippen molar-refractivity contribution in [3.63, 3.8) is 0 Å². The van der Waals surface area contributed by atoms with E-state index < -0.39 is 0 Å². The summed E-state index contributed by atoms with van der Waals surface area (Å²) in [5, 5.41) is 8.08. The lowest BCUT2D eigenvalue weighted by Crippen LogP contribution is -2.36. The molecule has 1 aliphatic heterocycles. The van der Waals surface area contributed by atoms with E-state index in [0.717, 1.165) is 24.3 Å². The van der Waals surface area contributed by atoms with Crippen molar-refractivity contribution in [3.8, 4) is 0 Å². The molecule has 0 aromatic rings. The molecule has 0 aromatic carbocycles. The Kier molecular flexibility index (Phi) is 5.52. The molecule has 3 nitrogen and oxygen atoms in total. The lowest BCUT2D eigenvalue weighted by atomic mass is 10.1. The lowest BCUT2D eigenvalue weighted by Gasteiger charge is -2.31. The van der Waals surface area contributed by atoms with Crippen molar-refractivity contribution < 1.29 is 0 Å². The topological polar surface area (TPSA) is 39.5 Å². The third-order valence-corrected chi connectivity index (χ3v) is 3.55. The predicted molar refractivity (Wildman–Crippen MR) is 83.7 cm³/mol. The van der Waals surface area contributed by atoms with Gasteiger partial charge in [0.25, 0.3) is 0 Å². The molecule has 0 aliphatic carbocycles. The van der Waals surface area contributed by atoms with Crippen LogP contribution in [0, 0.1) is 11.3 Å². The van der Waals surface area contributed by atoms with Crippen molar-refractivity contribution in [2.45, 2.75) is 60.5 Å². The number of nitrogens with one attached hydrogen (secondary N) is 1. The summed E-state index contributed by atoms with van der Waals surface area (Å²) < 4.78 is 0. The van der Waals surface area contributed by atoms with Crippen molar-refractivity contribution in [3.05, 3.63) is 23.4 Å². The smallest absolute Gasteiger partial charge is 0.126 e. The first-order valence-corrected chi connectivity index (χ1v) is 7.22. The largest absolute Gasteiger partial charge is 0.308 e. The third-order valence-electron chi connectivity index (χ3n) is 3.55. The number of hydrogen-bond acceptors (Lipinski definition) is 2. The Morgan fingerprint density at radius 3 is 2.37 bits per heavy atom. The molecule has 3 heteroatoms. The van der Waals surface area contributed by atoms with E-state index in [1.165, 1.54) is 5.57 Å². The molecule has 1 atom stereocenters. The van der Waals surface area contributed by atoms with E-state index in [-0.39, 0.29) is 6.17 Å². The number of allylic oxidation sites excluding steroid dienone is 3. The summed E-state index contributed by atoms with van der Waals surface area (Å²) in [6.07, 6.45) is 6.20. The number of aliphatic imine (C=N–C) groups is 1. The summed E-state index contributed by atoms with van der Waals surface area (Å²) in [6, 6.07) is 0. The molecule has 0 saturated heterocycles. The standard InChI is InChI=1S/C16H27N3/c1-7-12(5)15-10-9-14(11(3)4)18-16(8-2)19(15)13(6)17/h9-11,16-17H,7-8H2,1-6H3/b15-12-,17-13?. The molecule has 0 amide bonds. The van der Waals surface area contributed by atoms with Crippen LogP contribution < -0.4 is 0 Å². The second kappa shape index (κ2) is 6.69. The third kappa shape index (κ3) is 3.55. The predicted octanol–water partition coefficient (Wildman–Crippen LogP) is 4.37. The maximum absolute atomic E-state index is 8.08. The average Bonchev–Trinajstić information content (AvgIpc) is 2.56. The van der Waals surface area contributed by atoms with Crippen LogP contribution in [-0.4, -0.2) is 22.6 Å². The Balaban J connectivity index is 3.36. The van der Waals surface area contributed by atoms with Gasteiger partial charge in [0.05, 0.1) is 5.84 Å². The van der Waals surface area contributed by atoms with Crippen molar-refractivity contribution in [2.75, 3.05) is 0 Å². The summed E-state index contributed by atoms with van der Waals surface area (Å²) in [6.45, 7) is 12.6. The summed E-state index contributed by atoms with van der Waals surface area (Å²) in [7, 11) is 0. The summed E-state index contributed by atoms with van der Waals surface area (Å²) in [5.74, 6) is 0.979. The second-order valence-corrected chi connectivity index (χ2v) is 5.41. The molecule has 0 bridgehead atoms. The average molecular weight is 261 g/mol. The minimum atomic E-state index is 0.0430. The van der Waals surface area contributed by atoms with Gasteiger partial charge in [0.15, 0.2) is 0 Å². The zero-order valence-electron chi connectivity index (χ0n) is 13.1. The van der Waals surface area contributed by atoms with Gasteiger partial charge in [0.2, 0.25) is 0 Å². The summed E-state index contributed by atoms with van der Waals surface area (Å²) in [4.78, 5) is 6.90. The molecule has 1 heterocycles. The van der Waals surface area contributed by atoms with Crippen LogP contribution in [0.1, 0.15) is 54.4 Å². The van der Waals surface area contributed by atoms with Crippen LogP contribution >= 0.6 is 0 Å². The van der Waals surface area contributed by atoms with Gasteiger partial charge >= 0.3 is 0 Å². The molecule has 19 heavy (non-hydrogen) atoms. The Hall–Kier alpha value is -1.38. The monoisotopic (exact) mass is 261 g/mol. The summed E-state index contributed by atoms with van der Waals surface area (Å²) in [5.41, 5.74) is 3.57. The van der Waals surface area contributed by atoms with E-state index >= 15 is 0 Å². The maximum atomic E-state index is 8.08. The fourth-order valence-corrected chi connectivity index (χ4v) is 2.23. The fraction of sp³-hybridized carbons (Fsp3) is 0.625. The highest BCUT2D eigenvalue weighted by molar-refractivity contribution is 5.97. The fourth-order valence-electron chi connectivity index (χ4n) is 2.23. The molecular formula is C16H27N3. The molecular weight excluding hydrogens is 234 g/mol. The Bertz CT molecular complexity index is 427. The molecule has 1 N–H and O–H groups in total. The van der Waals surface area contributed by atoms with Crippen LogP contribution in [0.2, 0.25) is 0 Å². The highest BCUT2D eigenvalue weighted by atomic mass is 15.3. The van der Waals surface area contributed by atoms with Gasteiger partial charge in [-0.3, -0.25) is 10.4 Å². The van der Waals surface area contributed by atoms with Crippen LogP contribution in [-0.2, 0) is 0 Å². The normalized spacial score (nSPS) is 22.4. The molecule has 1 rings (SSSR count). The highest BCUT2D eigenvalue weighted by Gasteiger charge is 2.23. The van der Waals surface area contributed by atoms with E-state index in [1.54, 1.807) is 0 Å². The van der Waals surface area contributed by atoms with Crippen molar-refractivity contribution >= 4 is 11.5 Å². The molecule has 106 valence electrons. The molecule has 0 saturated carbocycles. The minimum Gasteiger partial charge on any atom is -0.308 e. The van der Waals surface area contributed by atoms with Gasteiger partial charge in [0, 0.05) is 11.4 Å². The van der Waals surface area contributed by atoms with E-state index in [0.29, 0.717) is 11.8 Å². The van der Waals surface area contributed by atoms with Crippen molar-refractivity contribution in [1.29, 1.82) is 5.41 Å². The van der Waals surface area contributed by atoms with E-state index in [2.05, 4.69) is 51.7 Å². The molecule has 1 unspecified atom stereocenters. The SMILES string of the molecule is CC/C(C)=C1/C=CC(C(C)C)=NC(CC)N1C(C)=N. The number of amidine groups is 1. The molecule has 1 aliphatic rings. The first-order valence-electron chi connectivity index (χ1n) is 7.22. The number of hydrogen-bond donors (Lipinski definition) is 1. The van der Waals surface area contributed by atoms with Crippen LogP contribution in [0.15, 0.2) is 28.4 Å². The van der Waals surface area contributed by atoms with Gasteiger partial charge in [0.1, 0.15) is 6.17 Å². The Morgan fingerprint density at radius 1 is 1.32 bits per heavy atom. The van der Waals surface area contributed by atoms with E-state index in [1.807, 2.05) is 6.92 Å². The zero-order valence-corrected chi connectivity index (χ0v) is 13.1. The van der Waals surface area contributed by atoms with Crippen LogP contribution in [0.25, 0.3) is 0 Å². The van der Waals surface area contributed by atoms with Gasteiger partial charge in [-0.1, -0.05) is 27.7 Å². The highest BCUT2D eigenvalue weighted by Crippen LogP contribution is 2.24. The van der Waals surface area contributed by atoms with Crippen LogP contribution in [0.4, 0.5) is 0 Å². The first-order chi connectivity index (χ1) is 8.92. The van der Waals surface area contributed by atoms with E-state index in [4.69, 9.17) is 10.4 Å². The second-order valence-electron chi connectivity index (χ2n) is 5.41. The number of rotatable bonds is 3. The first kappa shape index (κ1) is 15.7.